The van der Waals surface area contributed by atoms with E-state index in [9.17, 15) is 8.42 Å². The molecule has 2 aromatic rings. The summed E-state index contributed by atoms with van der Waals surface area (Å²) < 4.78 is 25.1. The van der Waals surface area contributed by atoms with E-state index in [0.717, 1.165) is 48.5 Å². The number of nitrogens with zero attached hydrogens (tertiary/aromatic N) is 3. The minimum absolute atomic E-state index is 0.296. The van der Waals surface area contributed by atoms with Crippen molar-refractivity contribution in [3.63, 3.8) is 0 Å². The monoisotopic (exact) mass is 323 g/mol. The van der Waals surface area contributed by atoms with Crippen molar-refractivity contribution in [2.75, 3.05) is 30.8 Å². The number of aromatic nitrogens is 3. The molecule has 120 valence electrons. The highest BCUT2D eigenvalue weighted by molar-refractivity contribution is 7.88. The highest BCUT2D eigenvalue weighted by Gasteiger charge is 2.23. The maximum absolute atomic E-state index is 11.3. The summed E-state index contributed by atoms with van der Waals surface area (Å²) in [6.07, 6.45) is 4.84. The first kappa shape index (κ1) is 15.2. The molecule has 0 spiro atoms. The largest absolute Gasteiger partial charge is 0.354 e. The summed E-state index contributed by atoms with van der Waals surface area (Å²) in [5.41, 5.74) is 2.93. The fraction of sp³-hybridized carbons (Fsp3) is 0.571. The maximum atomic E-state index is 11.3. The van der Waals surface area contributed by atoms with Gasteiger partial charge < -0.3 is 9.88 Å². The average Bonchev–Trinajstić information content (AvgIpc) is 2.84. The molecule has 0 bridgehead atoms. The van der Waals surface area contributed by atoms with Crippen molar-refractivity contribution in [1.29, 1.82) is 0 Å². The Morgan fingerprint density at radius 3 is 3.05 bits per heavy atom. The molecule has 1 fully saturated rings. The van der Waals surface area contributed by atoms with Crippen molar-refractivity contribution in [1.82, 2.24) is 19.7 Å². The molecule has 3 heterocycles. The Hall–Kier alpha value is -1.67. The van der Waals surface area contributed by atoms with Gasteiger partial charge in [0.15, 0.2) is 5.82 Å². The molecule has 0 aromatic carbocycles. The number of hydrogen-bond acceptors (Lipinski definition) is 5. The van der Waals surface area contributed by atoms with E-state index in [-0.39, 0.29) is 0 Å². The molecule has 0 radical (unpaired) electrons. The summed E-state index contributed by atoms with van der Waals surface area (Å²) in [6.45, 7) is 4.21. The number of nitrogens with one attached hydrogen (secondary N) is 2. The van der Waals surface area contributed by atoms with Gasteiger partial charge in [0.25, 0.3) is 0 Å². The summed E-state index contributed by atoms with van der Waals surface area (Å²) in [4.78, 5) is 14.3. The Morgan fingerprint density at radius 1 is 1.45 bits per heavy atom. The van der Waals surface area contributed by atoms with E-state index < -0.39 is 10.0 Å². The van der Waals surface area contributed by atoms with E-state index in [0.29, 0.717) is 12.5 Å². The number of rotatable bonds is 4. The topological polar surface area (TPSA) is 91.0 Å². The third kappa shape index (κ3) is 3.38. The molecule has 7 nitrogen and oxygen atoms in total. The van der Waals surface area contributed by atoms with Gasteiger partial charge in [-0.2, -0.15) is 0 Å². The summed E-state index contributed by atoms with van der Waals surface area (Å²) in [6, 6.07) is 2.01. The van der Waals surface area contributed by atoms with Gasteiger partial charge in [0.2, 0.25) is 10.0 Å². The minimum atomic E-state index is -3.14. The normalized spacial score (nSPS) is 19.7. The molecule has 1 saturated heterocycles. The van der Waals surface area contributed by atoms with E-state index in [4.69, 9.17) is 0 Å². The van der Waals surface area contributed by atoms with Crippen LogP contribution in [0.2, 0.25) is 0 Å². The first-order valence-corrected chi connectivity index (χ1v) is 9.31. The Morgan fingerprint density at radius 2 is 2.27 bits per heavy atom. The smallest absolute Gasteiger partial charge is 0.208 e. The van der Waals surface area contributed by atoms with Crippen LogP contribution in [0.5, 0.6) is 0 Å². The Kier molecular flexibility index (Phi) is 4.05. The molecule has 0 amide bonds. The minimum Gasteiger partial charge on any atom is -0.354 e. The van der Waals surface area contributed by atoms with Crippen molar-refractivity contribution < 1.29 is 8.42 Å². The number of piperidine rings is 1. The van der Waals surface area contributed by atoms with Gasteiger partial charge in [-0.3, -0.25) is 0 Å². The molecule has 1 aliphatic heterocycles. The molecular formula is C14H21N5O2S. The molecule has 0 unspecified atom stereocenters. The summed E-state index contributed by atoms with van der Waals surface area (Å²) in [5.74, 6) is 1.20. The van der Waals surface area contributed by atoms with E-state index in [1.165, 1.54) is 6.26 Å². The molecule has 1 aliphatic rings. The van der Waals surface area contributed by atoms with E-state index in [2.05, 4.69) is 24.6 Å². The number of H-pyrrole nitrogens is 1. The predicted molar refractivity (Wildman–Crippen MR) is 86.4 cm³/mol. The lowest BCUT2D eigenvalue weighted by atomic mass is 9.98. The van der Waals surface area contributed by atoms with Gasteiger partial charge in [0.1, 0.15) is 11.8 Å². The molecule has 3 rings (SSSR count). The van der Waals surface area contributed by atoms with Crippen molar-refractivity contribution in [3.05, 3.63) is 18.1 Å². The van der Waals surface area contributed by atoms with E-state index in [1.807, 2.05) is 13.0 Å². The van der Waals surface area contributed by atoms with Gasteiger partial charge in [-0.15, -0.1) is 0 Å². The van der Waals surface area contributed by atoms with Crippen LogP contribution in [-0.4, -0.2) is 49.3 Å². The van der Waals surface area contributed by atoms with Crippen molar-refractivity contribution in [2.24, 2.45) is 5.92 Å². The number of fused-ring (bicyclic) bond motifs is 1. The molecule has 22 heavy (non-hydrogen) atoms. The Labute approximate surface area is 130 Å². The zero-order valence-corrected chi connectivity index (χ0v) is 13.7. The van der Waals surface area contributed by atoms with Crippen LogP contribution >= 0.6 is 0 Å². The number of sulfonamides is 1. The molecule has 0 saturated carbocycles. The summed E-state index contributed by atoms with van der Waals surface area (Å²) in [7, 11) is -3.14. The second-order valence-corrected chi connectivity index (χ2v) is 7.82. The molecule has 0 aliphatic carbocycles. The van der Waals surface area contributed by atoms with Crippen LogP contribution in [0.1, 0.15) is 18.5 Å². The third-order valence-electron chi connectivity index (χ3n) is 3.98. The van der Waals surface area contributed by atoms with Crippen LogP contribution in [0.3, 0.4) is 0 Å². The van der Waals surface area contributed by atoms with E-state index >= 15 is 0 Å². The lowest BCUT2D eigenvalue weighted by molar-refractivity contribution is 0.410. The van der Waals surface area contributed by atoms with Crippen LogP contribution in [0.15, 0.2) is 12.4 Å². The zero-order valence-electron chi connectivity index (χ0n) is 12.8. The molecule has 8 heteroatoms. The number of hydrogen-bond donors (Lipinski definition) is 2. The number of aryl methyl sites for hydroxylation is 1. The molecular weight excluding hydrogens is 302 g/mol. The van der Waals surface area contributed by atoms with Gasteiger partial charge >= 0.3 is 0 Å². The third-order valence-corrected chi connectivity index (χ3v) is 4.68. The first-order chi connectivity index (χ1) is 10.4. The van der Waals surface area contributed by atoms with Crippen LogP contribution in [0.4, 0.5) is 5.82 Å². The van der Waals surface area contributed by atoms with Crippen LogP contribution < -0.4 is 9.62 Å². The maximum Gasteiger partial charge on any atom is 0.208 e. The second-order valence-electron chi connectivity index (χ2n) is 5.98. The van der Waals surface area contributed by atoms with Crippen molar-refractivity contribution in [2.45, 2.75) is 19.8 Å². The SMILES string of the molecule is Cc1cc2ncnc(N3CCC[C@H](CNS(C)(=O)=O)C3)c2[nH]1. The van der Waals surface area contributed by atoms with Gasteiger partial charge in [-0.05, 0) is 31.7 Å². The standard InChI is InChI=1S/C14H21N5O2S/c1-10-6-12-13(18-10)14(16-9-15-12)19-5-3-4-11(8-19)7-17-22(2,20)21/h6,9,11,17-18H,3-5,7-8H2,1-2H3/t11-/m1/s1. The number of anilines is 1. The van der Waals surface area contributed by atoms with Gasteiger partial charge in [0.05, 0.1) is 11.8 Å². The van der Waals surface area contributed by atoms with Crippen molar-refractivity contribution >= 4 is 26.9 Å². The van der Waals surface area contributed by atoms with Gasteiger partial charge in [0, 0.05) is 25.3 Å². The lowest BCUT2D eigenvalue weighted by Gasteiger charge is -2.33. The Balaban J connectivity index is 1.78. The molecule has 2 aromatic heterocycles. The quantitative estimate of drug-likeness (QED) is 0.877. The van der Waals surface area contributed by atoms with Gasteiger partial charge in [-0.1, -0.05) is 0 Å². The highest BCUT2D eigenvalue weighted by atomic mass is 32.2. The summed E-state index contributed by atoms with van der Waals surface area (Å²) >= 11 is 0. The lowest BCUT2D eigenvalue weighted by Crippen LogP contribution is -2.41. The Bertz CT molecular complexity index is 771. The van der Waals surface area contributed by atoms with Crippen LogP contribution in [0, 0.1) is 12.8 Å². The predicted octanol–water partition coefficient (Wildman–Crippen LogP) is 1.03. The second kappa shape index (κ2) is 5.85. The van der Waals surface area contributed by atoms with Crippen LogP contribution in [-0.2, 0) is 10.0 Å². The number of aromatic amines is 1. The molecule has 2 N–H and O–H groups in total. The van der Waals surface area contributed by atoms with E-state index in [1.54, 1.807) is 6.33 Å². The van der Waals surface area contributed by atoms with Crippen molar-refractivity contribution in [3.8, 4) is 0 Å². The first-order valence-electron chi connectivity index (χ1n) is 7.42. The zero-order chi connectivity index (χ0) is 15.7. The van der Waals surface area contributed by atoms with Crippen LogP contribution in [0.25, 0.3) is 11.0 Å². The van der Waals surface area contributed by atoms with Gasteiger partial charge in [-0.25, -0.2) is 23.1 Å². The molecule has 1 atom stereocenters. The fourth-order valence-electron chi connectivity index (χ4n) is 2.99. The highest BCUT2D eigenvalue weighted by Crippen LogP contribution is 2.27. The fourth-order valence-corrected chi connectivity index (χ4v) is 3.53. The average molecular weight is 323 g/mol. The summed E-state index contributed by atoms with van der Waals surface area (Å²) in [5, 5.41) is 0.